The third-order valence-corrected chi connectivity index (χ3v) is 5.71. The largest absolute Gasteiger partial charge is 0.467 e. The summed E-state index contributed by atoms with van der Waals surface area (Å²) in [6.45, 7) is 0. The second kappa shape index (κ2) is 9.96. The topological polar surface area (TPSA) is 71.2 Å². The Hall–Kier alpha value is -3.86. The number of methoxy groups -OCH3 is 1. The van der Waals surface area contributed by atoms with Crippen molar-refractivity contribution in [2.45, 2.75) is 24.8 Å². The van der Waals surface area contributed by atoms with Crippen LogP contribution in [0.1, 0.15) is 29.0 Å². The molecule has 0 saturated heterocycles. The summed E-state index contributed by atoms with van der Waals surface area (Å²) in [6, 6.07) is 27.0. The number of H-pyrrole nitrogens is 1. The fourth-order valence-corrected chi connectivity index (χ4v) is 4.09. The SMILES string of the molecule is COC(=O)C(Cc1c[nH]c2ccccc12)NC(=O)CC(c1ccccc1)c1ccccc1. The number of nitrogens with one attached hydrogen (secondary N) is 2. The van der Waals surface area contributed by atoms with E-state index in [1.54, 1.807) is 0 Å². The highest BCUT2D eigenvalue weighted by molar-refractivity contribution is 5.87. The Morgan fingerprint density at radius 2 is 1.47 bits per heavy atom. The van der Waals surface area contributed by atoms with Crippen LogP contribution in [0.3, 0.4) is 0 Å². The Morgan fingerprint density at radius 1 is 0.875 bits per heavy atom. The molecule has 5 nitrogen and oxygen atoms in total. The minimum absolute atomic E-state index is 0.108. The first-order valence-corrected chi connectivity index (χ1v) is 10.7. The van der Waals surface area contributed by atoms with Gasteiger partial charge < -0.3 is 15.0 Å². The van der Waals surface area contributed by atoms with Crippen LogP contribution in [0.25, 0.3) is 10.9 Å². The second-order valence-electron chi connectivity index (χ2n) is 7.78. The fraction of sp³-hybridized carbons (Fsp3) is 0.185. The van der Waals surface area contributed by atoms with Crippen LogP contribution in [-0.2, 0) is 20.7 Å². The lowest BCUT2D eigenvalue weighted by Gasteiger charge is -2.21. The summed E-state index contributed by atoms with van der Waals surface area (Å²) in [5.41, 5.74) is 4.06. The summed E-state index contributed by atoms with van der Waals surface area (Å²) in [6.07, 6.45) is 2.46. The van der Waals surface area contributed by atoms with Crippen LogP contribution in [0, 0.1) is 0 Å². The Balaban J connectivity index is 1.54. The standard InChI is InChI=1S/C27H26N2O3/c1-32-27(31)25(16-21-18-28-24-15-9-8-14-22(21)24)29-26(30)17-23(19-10-4-2-5-11-19)20-12-6-3-7-13-20/h2-15,18,23,25,28H,16-17H2,1H3,(H,29,30). The van der Waals surface area contributed by atoms with E-state index in [1.165, 1.54) is 7.11 Å². The van der Waals surface area contributed by atoms with Crippen molar-refractivity contribution in [1.29, 1.82) is 0 Å². The molecule has 0 aliphatic heterocycles. The van der Waals surface area contributed by atoms with Gasteiger partial charge in [-0.25, -0.2) is 4.79 Å². The molecule has 0 radical (unpaired) electrons. The van der Waals surface area contributed by atoms with Gasteiger partial charge in [-0.3, -0.25) is 4.79 Å². The van der Waals surface area contributed by atoms with Gasteiger partial charge >= 0.3 is 5.97 Å². The lowest BCUT2D eigenvalue weighted by atomic mass is 9.88. The zero-order valence-electron chi connectivity index (χ0n) is 18.0. The van der Waals surface area contributed by atoms with E-state index in [9.17, 15) is 9.59 Å². The van der Waals surface area contributed by atoms with Crippen molar-refractivity contribution in [3.8, 4) is 0 Å². The van der Waals surface area contributed by atoms with Crippen molar-refractivity contribution in [2.24, 2.45) is 0 Å². The van der Waals surface area contributed by atoms with E-state index in [0.717, 1.165) is 27.6 Å². The maximum atomic E-state index is 13.1. The monoisotopic (exact) mass is 426 g/mol. The minimum Gasteiger partial charge on any atom is -0.467 e. The van der Waals surface area contributed by atoms with Gasteiger partial charge in [0.05, 0.1) is 7.11 Å². The molecule has 1 atom stereocenters. The lowest BCUT2D eigenvalue weighted by molar-refractivity contribution is -0.145. The van der Waals surface area contributed by atoms with Crippen molar-refractivity contribution in [1.82, 2.24) is 10.3 Å². The number of ether oxygens (including phenoxy) is 1. The second-order valence-corrected chi connectivity index (χ2v) is 7.78. The maximum Gasteiger partial charge on any atom is 0.328 e. The van der Waals surface area contributed by atoms with E-state index in [-0.39, 0.29) is 18.2 Å². The molecule has 32 heavy (non-hydrogen) atoms. The van der Waals surface area contributed by atoms with Crippen LogP contribution < -0.4 is 5.32 Å². The number of amides is 1. The number of carbonyl (C=O) groups excluding carboxylic acids is 2. The van der Waals surface area contributed by atoms with Crippen LogP contribution in [-0.4, -0.2) is 30.0 Å². The fourth-order valence-electron chi connectivity index (χ4n) is 4.09. The quantitative estimate of drug-likeness (QED) is 0.405. The summed E-state index contributed by atoms with van der Waals surface area (Å²) >= 11 is 0. The summed E-state index contributed by atoms with van der Waals surface area (Å²) in [7, 11) is 1.34. The predicted molar refractivity (Wildman–Crippen MR) is 125 cm³/mol. The minimum atomic E-state index is -0.765. The first-order chi connectivity index (χ1) is 15.7. The Kier molecular flexibility index (Phi) is 6.66. The molecule has 0 aliphatic carbocycles. The molecule has 0 spiro atoms. The van der Waals surface area contributed by atoms with E-state index in [4.69, 9.17) is 4.74 Å². The molecule has 4 rings (SSSR count). The lowest BCUT2D eigenvalue weighted by Crippen LogP contribution is -2.43. The molecule has 5 heteroatoms. The van der Waals surface area contributed by atoms with Gasteiger partial charge in [-0.1, -0.05) is 78.9 Å². The molecule has 0 bridgehead atoms. The van der Waals surface area contributed by atoms with Gasteiger partial charge in [0.15, 0.2) is 0 Å². The molecule has 1 heterocycles. The summed E-state index contributed by atoms with van der Waals surface area (Å²) in [4.78, 5) is 28.8. The Bertz CT molecular complexity index is 1150. The zero-order chi connectivity index (χ0) is 22.3. The molecule has 0 aliphatic rings. The van der Waals surface area contributed by atoms with E-state index >= 15 is 0 Å². The highest BCUT2D eigenvalue weighted by Crippen LogP contribution is 2.28. The van der Waals surface area contributed by atoms with Gasteiger partial charge in [0.2, 0.25) is 5.91 Å². The first-order valence-electron chi connectivity index (χ1n) is 10.7. The molecule has 4 aromatic rings. The highest BCUT2D eigenvalue weighted by Gasteiger charge is 2.25. The Labute approximate surface area is 187 Å². The van der Waals surface area contributed by atoms with Gasteiger partial charge in [-0.05, 0) is 22.8 Å². The van der Waals surface area contributed by atoms with E-state index in [0.29, 0.717) is 6.42 Å². The van der Waals surface area contributed by atoms with Crippen LogP contribution in [0.15, 0.2) is 91.1 Å². The summed E-state index contributed by atoms with van der Waals surface area (Å²) in [5, 5.41) is 3.94. The number of aromatic nitrogens is 1. The smallest absolute Gasteiger partial charge is 0.328 e. The number of carbonyl (C=O) groups is 2. The first kappa shape index (κ1) is 21.4. The molecule has 3 aromatic carbocycles. The number of aromatic amines is 1. The van der Waals surface area contributed by atoms with Crippen molar-refractivity contribution in [3.05, 3.63) is 108 Å². The van der Waals surface area contributed by atoms with Crippen LogP contribution in [0.5, 0.6) is 0 Å². The van der Waals surface area contributed by atoms with Gasteiger partial charge in [-0.2, -0.15) is 0 Å². The maximum absolute atomic E-state index is 13.1. The van der Waals surface area contributed by atoms with Crippen LogP contribution in [0.4, 0.5) is 0 Å². The normalized spacial score (nSPS) is 11.9. The molecule has 1 unspecified atom stereocenters. The summed E-state index contributed by atoms with van der Waals surface area (Å²) < 4.78 is 4.98. The molecular formula is C27H26N2O3. The number of fused-ring (bicyclic) bond motifs is 1. The number of benzene rings is 3. The Morgan fingerprint density at radius 3 is 2.09 bits per heavy atom. The molecular weight excluding hydrogens is 400 g/mol. The molecule has 1 amide bonds. The van der Waals surface area contributed by atoms with Gasteiger partial charge in [-0.15, -0.1) is 0 Å². The number of esters is 1. The van der Waals surface area contributed by atoms with Crippen molar-refractivity contribution < 1.29 is 14.3 Å². The molecule has 0 fully saturated rings. The third kappa shape index (κ3) is 4.89. The van der Waals surface area contributed by atoms with E-state index in [1.807, 2.05) is 91.1 Å². The van der Waals surface area contributed by atoms with Crippen molar-refractivity contribution in [3.63, 3.8) is 0 Å². The molecule has 162 valence electrons. The predicted octanol–water partition coefficient (Wildman–Crippen LogP) is 4.59. The van der Waals surface area contributed by atoms with Crippen LogP contribution in [0.2, 0.25) is 0 Å². The zero-order valence-corrected chi connectivity index (χ0v) is 18.0. The van der Waals surface area contributed by atoms with Gasteiger partial charge in [0, 0.05) is 35.9 Å². The molecule has 0 saturated carbocycles. The number of para-hydroxylation sites is 1. The molecule has 2 N–H and O–H groups in total. The van der Waals surface area contributed by atoms with E-state index in [2.05, 4.69) is 10.3 Å². The number of hydrogen-bond acceptors (Lipinski definition) is 3. The van der Waals surface area contributed by atoms with E-state index < -0.39 is 12.0 Å². The molecule has 1 aromatic heterocycles. The van der Waals surface area contributed by atoms with Crippen molar-refractivity contribution >= 4 is 22.8 Å². The number of rotatable bonds is 8. The number of hydrogen-bond donors (Lipinski definition) is 2. The average Bonchev–Trinajstić information content (AvgIpc) is 3.25. The van der Waals surface area contributed by atoms with Crippen LogP contribution >= 0.6 is 0 Å². The highest BCUT2D eigenvalue weighted by atomic mass is 16.5. The average molecular weight is 427 g/mol. The third-order valence-electron chi connectivity index (χ3n) is 5.71. The summed E-state index contributed by atoms with van der Waals surface area (Å²) in [5.74, 6) is -0.763. The van der Waals surface area contributed by atoms with Gasteiger partial charge in [0.25, 0.3) is 0 Å². The van der Waals surface area contributed by atoms with Gasteiger partial charge in [0.1, 0.15) is 6.04 Å². The van der Waals surface area contributed by atoms with Crippen molar-refractivity contribution in [2.75, 3.05) is 7.11 Å².